The molecule has 5 nitrogen and oxygen atoms in total. The number of hydrogen-bond acceptors (Lipinski definition) is 5. The number of benzene rings is 1. The van der Waals surface area contributed by atoms with Crippen LogP contribution in [-0.4, -0.2) is 32.8 Å². The topological polar surface area (TPSA) is 55.6 Å². The molecule has 0 spiro atoms. The summed E-state index contributed by atoms with van der Waals surface area (Å²) in [4.78, 5) is 0. The second kappa shape index (κ2) is 6.72. The minimum absolute atomic E-state index is 0.140. The Morgan fingerprint density at radius 2 is 2.29 bits per heavy atom. The molecule has 2 aromatic rings. The van der Waals surface area contributed by atoms with Gasteiger partial charge in [-0.15, -0.1) is 5.10 Å². The number of nitrogens with zero attached hydrogens (tertiary/aromatic N) is 4. The van der Waals surface area contributed by atoms with Crippen LogP contribution in [0.5, 0.6) is 0 Å². The largest absolute Gasteiger partial charge is 0.312 e. The van der Waals surface area contributed by atoms with Gasteiger partial charge in [-0.2, -0.15) is 0 Å². The van der Waals surface area contributed by atoms with E-state index in [0.717, 1.165) is 23.8 Å². The fourth-order valence-electron chi connectivity index (χ4n) is 1.88. The molecule has 0 bridgehead atoms. The van der Waals surface area contributed by atoms with Crippen LogP contribution in [0.25, 0.3) is 0 Å². The normalized spacial score (nSPS) is 14.6. The van der Waals surface area contributed by atoms with Gasteiger partial charge in [0, 0.05) is 18.3 Å². The molecule has 0 radical (unpaired) electrons. The summed E-state index contributed by atoms with van der Waals surface area (Å²) in [5.74, 6) is 0.248. The predicted molar refractivity (Wildman–Crippen MR) is 79.8 cm³/mol. The van der Waals surface area contributed by atoms with E-state index in [9.17, 15) is 4.39 Å². The van der Waals surface area contributed by atoms with Crippen LogP contribution in [0.3, 0.4) is 0 Å². The highest BCUT2D eigenvalue weighted by Crippen LogP contribution is 2.23. The molecule has 0 aliphatic heterocycles. The Morgan fingerprint density at radius 3 is 3.05 bits per heavy atom. The number of aromatic nitrogens is 4. The lowest BCUT2D eigenvalue weighted by Gasteiger charge is -2.05. The Hall–Kier alpha value is -1.18. The molecule has 8 heteroatoms. The molecule has 1 aliphatic rings. The van der Waals surface area contributed by atoms with Gasteiger partial charge in [-0.1, -0.05) is 29.4 Å². The molecule has 1 aromatic heterocycles. The Balaban J connectivity index is 1.54. The quantitative estimate of drug-likeness (QED) is 0.792. The maximum atomic E-state index is 13.1. The van der Waals surface area contributed by atoms with Crippen molar-refractivity contribution in [3.8, 4) is 0 Å². The Morgan fingerprint density at radius 1 is 1.43 bits per heavy atom. The molecule has 21 heavy (non-hydrogen) atoms. The summed E-state index contributed by atoms with van der Waals surface area (Å²) in [6.45, 7) is 1.61. The summed E-state index contributed by atoms with van der Waals surface area (Å²) in [6.07, 6.45) is 2.53. The fraction of sp³-hybridized carbons (Fsp3) is 0.462. The van der Waals surface area contributed by atoms with Crippen molar-refractivity contribution in [1.29, 1.82) is 0 Å². The van der Waals surface area contributed by atoms with Crippen LogP contribution in [0.1, 0.15) is 18.4 Å². The highest BCUT2D eigenvalue weighted by molar-refractivity contribution is 7.98. The van der Waals surface area contributed by atoms with Crippen LogP contribution < -0.4 is 5.32 Å². The first-order chi connectivity index (χ1) is 10.2. The number of tetrazole rings is 1. The summed E-state index contributed by atoms with van der Waals surface area (Å²) in [6, 6.07) is 5.41. The molecule has 1 fully saturated rings. The smallest absolute Gasteiger partial charge is 0.209 e. The maximum Gasteiger partial charge on any atom is 0.209 e. The maximum absolute atomic E-state index is 13.1. The van der Waals surface area contributed by atoms with Crippen molar-refractivity contribution < 1.29 is 4.39 Å². The predicted octanol–water partition coefficient (Wildman–Crippen LogP) is 2.51. The lowest BCUT2D eigenvalue weighted by Crippen LogP contribution is -2.22. The van der Waals surface area contributed by atoms with Gasteiger partial charge < -0.3 is 5.32 Å². The first kappa shape index (κ1) is 14.7. The molecule has 0 atom stereocenters. The molecule has 1 aliphatic carbocycles. The molecule has 1 aromatic carbocycles. The molecule has 0 amide bonds. The van der Waals surface area contributed by atoms with E-state index in [4.69, 9.17) is 11.6 Å². The summed E-state index contributed by atoms with van der Waals surface area (Å²) in [7, 11) is 0. The lowest BCUT2D eigenvalue weighted by molar-refractivity contribution is 0.509. The van der Waals surface area contributed by atoms with Crippen molar-refractivity contribution >= 4 is 23.4 Å². The van der Waals surface area contributed by atoms with Gasteiger partial charge >= 0.3 is 0 Å². The second-order valence-corrected chi connectivity index (χ2v) is 6.30. The van der Waals surface area contributed by atoms with Crippen LogP contribution in [0, 0.1) is 5.82 Å². The number of rotatable bonds is 7. The minimum Gasteiger partial charge on any atom is -0.312 e. The third kappa shape index (κ3) is 4.15. The van der Waals surface area contributed by atoms with Gasteiger partial charge in [0.25, 0.3) is 0 Å². The van der Waals surface area contributed by atoms with Crippen LogP contribution in [-0.2, 0) is 12.3 Å². The zero-order valence-electron chi connectivity index (χ0n) is 11.3. The molecule has 1 N–H and O–H groups in total. The van der Waals surface area contributed by atoms with E-state index in [1.807, 2.05) is 0 Å². The number of hydrogen-bond donors (Lipinski definition) is 1. The molecule has 0 saturated heterocycles. The fourth-order valence-corrected chi connectivity index (χ4v) is 2.93. The van der Waals surface area contributed by atoms with E-state index in [1.54, 1.807) is 16.8 Å². The van der Waals surface area contributed by atoms with Gasteiger partial charge in [0.05, 0.1) is 11.6 Å². The average Bonchev–Trinajstić information content (AvgIpc) is 3.19. The van der Waals surface area contributed by atoms with Crippen LogP contribution >= 0.6 is 23.4 Å². The van der Waals surface area contributed by atoms with Crippen molar-refractivity contribution in [3.63, 3.8) is 0 Å². The Kier molecular flexibility index (Phi) is 4.72. The molecule has 3 rings (SSSR count). The highest BCUT2D eigenvalue weighted by Gasteiger charge is 2.20. The summed E-state index contributed by atoms with van der Waals surface area (Å²) in [5.41, 5.74) is 0.942. The van der Waals surface area contributed by atoms with Crippen LogP contribution in [0.4, 0.5) is 4.39 Å². The van der Waals surface area contributed by atoms with Gasteiger partial charge in [0.15, 0.2) is 0 Å². The molecule has 1 saturated carbocycles. The van der Waals surface area contributed by atoms with Gasteiger partial charge in [-0.25, -0.2) is 9.07 Å². The number of nitrogens with one attached hydrogen (secondary N) is 1. The van der Waals surface area contributed by atoms with Crippen LogP contribution in [0.15, 0.2) is 23.4 Å². The monoisotopic (exact) mass is 327 g/mol. The SMILES string of the molecule is Fc1ccc(CSc2nnnn2CCNC2CC2)cc1Cl. The van der Waals surface area contributed by atoms with Crippen molar-refractivity contribution in [1.82, 2.24) is 25.5 Å². The lowest BCUT2D eigenvalue weighted by atomic mass is 10.2. The highest BCUT2D eigenvalue weighted by atomic mass is 35.5. The summed E-state index contributed by atoms with van der Waals surface area (Å²) < 4.78 is 14.9. The number of thioether (sulfide) groups is 1. The standard InChI is InChI=1S/C13H15ClFN5S/c14-11-7-9(1-4-12(11)15)8-21-13-17-18-19-20(13)6-5-16-10-2-3-10/h1,4,7,10,16H,2-3,5-6,8H2. The van der Waals surface area contributed by atoms with E-state index in [2.05, 4.69) is 20.8 Å². The Labute approximate surface area is 131 Å². The van der Waals surface area contributed by atoms with Gasteiger partial charge in [0.1, 0.15) is 5.82 Å². The van der Waals surface area contributed by atoms with E-state index in [1.165, 1.54) is 30.7 Å². The molecule has 112 valence electrons. The van der Waals surface area contributed by atoms with E-state index in [0.29, 0.717) is 11.8 Å². The summed E-state index contributed by atoms with van der Waals surface area (Å²) in [5, 5.41) is 16.0. The zero-order chi connectivity index (χ0) is 14.7. The molecular weight excluding hydrogens is 313 g/mol. The van der Waals surface area contributed by atoms with Crippen molar-refractivity contribution in [2.24, 2.45) is 0 Å². The molecular formula is C13H15ClFN5S. The van der Waals surface area contributed by atoms with Gasteiger partial charge in [0.2, 0.25) is 5.16 Å². The third-order valence-electron chi connectivity index (χ3n) is 3.18. The van der Waals surface area contributed by atoms with Crippen molar-refractivity contribution in [3.05, 3.63) is 34.6 Å². The third-order valence-corrected chi connectivity index (χ3v) is 4.50. The van der Waals surface area contributed by atoms with E-state index in [-0.39, 0.29) is 5.02 Å². The van der Waals surface area contributed by atoms with Gasteiger partial charge in [-0.3, -0.25) is 0 Å². The van der Waals surface area contributed by atoms with E-state index < -0.39 is 5.82 Å². The first-order valence-electron chi connectivity index (χ1n) is 6.78. The Bertz CT molecular complexity index is 616. The van der Waals surface area contributed by atoms with Gasteiger partial charge in [-0.05, 0) is 41.0 Å². The zero-order valence-corrected chi connectivity index (χ0v) is 12.9. The van der Waals surface area contributed by atoms with Crippen LogP contribution in [0.2, 0.25) is 5.02 Å². The summed E-state index contributed by atoms with van der Waals surface area (Å²) >= 11 is 7.29. The van der Waals surface area contributed by atoms with E-state index >= 15 is 0 Å². The number of halogens is 2. The second-order valence-electron chi connectivity index (χ2n) is 4.95. The average molecular weight is 328 g/mol. The van der Waals surface area contributed by atoms with Crippen molar-refractivity contribution in [2.75, 3.05) is 6.54 Å². The van der Waals surface area contributed by atoms with Crippen molar-refractivity contribution in [2.45, 2.75) is 36.3 Å². The first-order valence-corrected chi connectivity index (χ1v) is 8.15. The molecule has 0 unspecified atom stereocenters. The molecule has 1 heterocycles. The minimum atomic E-state index is -0.401.